The molecule has 1 atom stereocenters. The van der Waals surface area contributed by atoms with Crippen LogP contribution in [0.2, 0.25) is 0 Å². The van der Waals surface area contributed by atoms with Crippen molar-refractivity contribution in [3.63, 3.8) is 0 Å². The molecule has 9 nitrogen and oxygen atoms in total. The van der Waals surface area contributed by atoms with E-state index in [0.717, 1.165) is 0 Å². The summed E-state index contributed by atoms with van der Waals surface area (Å²) in [5.74, 6) is -0.628. The summed E-state index contributed by atoms with van der Waals surface area (Å²) in [7, 11) is -3.72. The Morgan fingerprint density at radius 1 is 1.09 bits per heavy atom. The van der Waals surface area contributed by atoms with Crippen molar-refractivity contribution in [2.24, 2.45) is 5.92 Å². The van der Waals surface area contributed by atoms with Gasteiger partial charge in [0.15, 0.2) is 11.5 Å². The maximum Gasteiger partial charge on any atom is 0.251 e. The molecule has 0 saturated heterocycles. The molecule has 0 spiro atoms. The number of hydrogen-bond donors (Lipinski definition) is 2. The monoisotopic (exact) mass is 486 g/mol. The number of fused-ring (bicyclic) bond motifs is 1. The Kier molecular flexibility index (Phi) is 7.73. The quantitative estimate of drug-likeness (QED) is 0.477. The summed E-state index contributed by atoms with van der Waals surface area (Å²) in [6, 6.07) is 10.1. The van der Waals surface area contributed by atoms with Gasteiger partial charge in [0.1, 0.15) is 11.6 Å². The van der Waals surface area contributed by atoms with Crippen LogP contribution in [0.4, 0.5) is 5.69 Å². The number of rotatable bonds is 9. The fourth-order valence-corrected chi connectivity index (χ4v) is 5.11. The van der Waals surface area contributed by atoms with Crippen molar-refractivity contribution in [2.45, 2.75) is 45.6 Å². The highest BCUT2D eigenvalue weighted by molar-refractivity contribution is 7.89. The van der Waals surface area contributed by atoms with Gasteiger partial charge in [-0.15, -0.1) is 0 Å². The summed E-state index contributed by atoms with van der Waals surface area (Å²) in [6.07, 6.45) is 0. The number of hydrogen-bond acceptors (Lipinski definition) is 6. The lowest BCUT2D eigenvalue weighted by atomic mass is 10.0. The molecule has 182 valence electrons. The predicted molar refractivity (Wildman–Crippen MR) is 130 cm³/mol. The molecule has 3 rings (SSSR count). The second kappa shape index (κ2) is 10.4. The van der Waals surface area contributed by atoms with E-state index in [1.54, 1.807) is 39.0 Å². The average Bonchev–Trinajstić information content (AvgIpc) is 3.17. The third-order valence-electron chi connectivity index (χ3n) is 5.44. The molecule has 0 saturated carbocycles. The van der Waals surface area contributed by atoms with E-state index in [1.807, 2.05) is 13.8 Å². The second-order valence-electron chi connectivity index (χ2n) is 8.22. The SMILES string of the molecule is CCN(CC)S(=O)(=O)c1cccc(C(=O)NC(C(=O)Nc2ccc3nc(C)oc3c2)C(C)C)c1. The van der Waals surface area contributed by atoms with Crippen molar-refractivity contribution in [1.29, 1.82) is 0 Å². The summed E-state index contributed by atoms with van der Waals surface area (Å²) >= 11 is 0. The van der Waals surface area contributed by atoms with E-state index in [0.29, 0.717) is 35.8 Å². The maximum atomic E-state index is 13.0. The first-order chi connectivity index (χ1) is 16.1. The molecule has 0 aliphatic rings. The van der Waals surface area contributed by atoms with Crippen LogP contribution in [0.3, 0.4) is 0 Å². The van der Waals surface area contributed by atoms with Gasteiger partial charge < -0.3 is 15.1 Å². The minimum atomic E-state index is -3.72. The molecule has 0 aliphatic carbocycles. The fourth-order valence-electron chi connectivity index (χ4n) is 3.61. The van der Waals surface area contributed by atoms with Crippen LogP contribution in [-0.4, -0.2) is 48.7 Å². The summed E-state index contributed by atoms with van der Waals surface area (Å²) in [6.45, 7) is 9.53. The minimum absolute atomic E-state index is 0.0325. The highest BCUT2D eigenvalue weighted by Gasteiger charge is 2.27. The molecule has 0 aliphatic heterocycles. The lowest BCUT2D eigenvalue weighted by Gasteiger charge is -2.22. The smallest absolute Gasteiger partial charge is 0.251 e. The van der Waals surface area contributed by atoms with Gasteiger partial charge in [-0.3, -0.25) is 9.59 Å². The zero-order chi connectivity index (χ0) is 25.0. The van der Waals surface area contributed by atoms with Crippen molar-refractivity contribution in [3.8, 4) is 0 Å². The molecule has 1 unspecified atom stereocenters. The van der Waals surface area contributed by atoms with Crippen LogP contribution in [0.5, 0.6) is 0 Å². The van der Waals surface area contributed by atoms with Crippen LogP contribution in [-0.2, 0) is 14.8 Å². The average molecular weight is 487 g/mol. The summed E-state index contributed by atoms with van der Waals surface area (Å²) in [5.41, 5.74) is 1.90. The number of nitrogens with zero attached hydrogens (tertiary/aromatic N) is 2. The van der Waals surface area contributed by atoms with Crippen molar-refractivity contribution in [3.05, 3.63) is 53.9 Å². The summed E-state index contributed by atoms with van der Waals surface area (Å²) in [5, 5.41) is 5.54. The zero-order valence-corrected chi connectivity index (χ0v) is 20.8. The molecule has 0 radical (unpaired) electrons. The lowest BCUT2D eigenvalue weighted by Crippen LogP contribution is -2.47. The Bertz CT molecular complexity index is 1300. The third kappa shape index (κ3) is 5.45. The zero-order valence-electron chi connectivity index (χ0n) is 20.0. The van der Waals surface area contributed by atoms with Crippen LogP contribution in [0.1, 0.15) is 43.9 Å². The topological polar surface area (TPSA) is 122 Å². The fraction of sp³-hybridized carbons (Fsp3) is 0.375. The van der Waals surface area contributed by atoms with Gasteiger partial charge in [0.25, 0.3) is 5.91 Å². The van der Waals surface area contributed by atoms with E-state index in [9.17, 15) is 18.0 Å². The maximum absolute atomic E-state index is 13.0. The lowest BCUT2D eigenvalue weighted by molar-refractivity contribution is -0.118. The largest absolute Gasteiger partial charge is 0.441 e. The van der Waals surface area contributed by atoms with Crippen LogP contribution in [0.25, 0.3) is 11.1 Å². The van der Waals surface area contributed by atoms with Crippen LogP contribution in [0.15, 0.2) is 51.8 Å². The molecule has 3 aromatic rings. The number of nitrogens with one attached hydrogen (secondary N) is 2. The number of amides is 2. The number of anilines is 1. The molecule has 34 heavy (non-hydrogen) atoms. The number of sulfonamides is 1. The Hall–Kier alpha value is -3.24. The number of carbonyl (C=O) groups is 2. The first-order valence-corrected chi connectivity index (χ1v) is 12.6. The first kappa shape index (κ1) is 25.4. The van der Waals surface area contributed by atoms with E-state index in [-0.39, 0.29) is 16.4 Å². The number of carbonyl (C=O) groups excluding carboxylic acids is 2. The van der Waals surface area contributed by atoms with E-state index in [4.69, 9.17) is 4.42 Å². The number of aryl methyl sites for hydroxylation is 1. The standard InChI is InChI=1S/C24H30N4O5S/c1-6-28(7-2)34(31,32)19-10-8-9-17(13-19)23(29)27-22(15(3)4)24(30)26-18-11-12-20-21(14-18)33-16(5)25-20/h8-15,22H,6-7H2,1-5H3,(H,26,30)(H,27,29). The van der Waals surface area contributed by atoms with Crippen molar-refractivity contribution >= 4 is 38.6 Å². The Balaban J connectivity index is 1.78. The van der Waals surface area contributed by atoms with Crippen LogP contribution in [0, 0.1) is 12.8 Å². The van der Waals surface area contributed by atoms with Crippen molar-refractivity contribution in [1.82, 2.24) is 14.6 Å². The molecule has 1 heterocycles. The molecule has 0 bridgehead atoms. The van der Waals surface area contributed by atoms with Gasteiger partial charge in [-0.1, -0.05) is 33.8 Å². The highest BCUT2D eigenvalue weighted by Crippen LogP contribution is 2.21. The van der Waals surface area contributed by atoms with Gasteiger partial charge in [-0.05, 0) is 36.2 Å². The van der Waals surface area contributed by atoms with Crippen LogP contribution < -0.4 is 10.6 Å². The number of aromatic nitrogens is 1. The Labute approximate surface area is 199 Å². The van der Waals surface area contributed by atoms with Gasteiger partial charge in [-0.2, -0.15) is 4.31 Å². The van der Waals surface area contributed by atoms with E-state index in [1.165, 1.54) is 28.6 Å². The Morgan fingerprint density at radius 3 is 2.44 bits per heavy atom. The normalized spacial score (nSPS) is 12.8. The van der Waals surface area contributed by atoms with E-state index >= 15 is 0 Å². The van der Waals surface area contributed by atoms with Gasteiger partial charge in [0.05, 0.1) is 4.90 Å². The van der Waals surface area contributed by atoms with Crippen molar-refractivity contribution in [2.75, 3.05) is 18.4 Å². The minimum Gasteiger partial charge on any atom is -0.441 e. The van der Waals surface area contributed by atoms with E-state index in [2.05, 4.69) is 15.6 Å². The first-order valence-electron chi connectivity index (χ1n) is 11.2. The summed E-state index contributed by atoms with van der Waals surface area (Å²) in [4.78, 5) is 30.2. The van der Waals surface area contributed by atoms with Crippen LogP contribution >= 0.6 is 0 Å². The molecule has 2 aromatic carbocycles. The van der Waals surface area contributed by atoms with Gasteiger partial charge >= 0.3 is 0 Å². The second-order valence-corrected chi connectivity index (χ2v) is 10.2. The predicted octanol–water partition coefficient (Wildman–Crippen LogP) is 3.56. The molecular formula is C24H30N4O5S. The highest BCUT2D eigenvalue weighted by atomic mass is 32.2. The molecule has 0 fully saturated rings. The summed E-state index contributed by atoms with van der Waals surface area (Å²) < 4.78 is 32.5. The molecule has 2 N–H and O–H groups in total. The van der Waals surface area contributed by atoms with Gasteiger partial charge in [-0.25, -0.2) is 13.4 Å². The number of oxazole rings is 1. The third-order valence-corrected chi connectivity index (χ3v) is 7.48. The molecular weight excluding hydrogens is 456 g/mol. The molecule has 1 aromatic heterocycles. The molecule has 10 heteroatoms. The number of benzene rings is 2. The van der Waals surface area contributed by atoms with E-state index < -0.39 is 27.9 Å². The Morgan fingerprint density at radius 2 is 1.79 bits per heavy atom. The molecule has 2 amide bonds. The van der Waals surface area contributed by atoms with Gasteiger partial charge in [0, 0.05) is 37.3 Å². The van der Waals surface area contributed by atoms with Gasteiger partial charge in [0.2, 0.25) is 15.9 Å². The van der Waals surface area contributed by atoms with Crippen molar-refractivity contribution < 1.29 is 22.4 Å².